The summed E-state index contributed by atoms with van der Waals surface area (Å²) in [6.45, 7) is 3.41. The fourth-order valence-electron chi connectivity index (χ4n) is 2.40. The van der Waals surface area contributed by atoms with E-state index in [-0.39, 0.29) is 18.2 Å². The van der Waals surface area contributed by atoms with Gasteiger partial charge in [0.15, 0.2) is 10.9 Å². The highest BCUT2D eigenvalue weighted by atomic mass is 35.5. The average Bonchev–Trinajstić information content (AvgIpc) is 3.02. The zero-order valence-corrected chi connectivity index (χ0v) is 14.2. The van der Waals surface area contributed by atoms with Gasteiger partial charge in [-0.3, -0.25) is 9.59 Å². The Morgan fingerprint density at radius 1 is 1.35 bits per heavy atom. The van der Waals surface area contributed by atoms with E-state index < -0.39 is 0 Å². The Morgan fingerprint density at radius 2 is 2.13 bits per heavy atom. The van der Waals surface area contributed by atoms with Gasteiger partial charge in [0.05, 0.1) is 10.6 Å². The van der Waals surface area contributed by atoms with Crippen LogP contribution in [-0.2, 0) is 11.3 Å². The molecule has 0 aliphatic carbocycles. The first-order valence-corrected chi connectivity index (χ1v) is 8.16. The number of hydrogen-bond donors (Lipinski definition) is 1. The highest BCUT2D eigenvalue weighted by Crippen LogP contribution is 2.23. The number of carbonyl (C=O) groups excluding carboxylic acids is 2. The van der Waals surface area contributed by atoms with Gasteiger partial charge >= 0.3 is 0 Å². The van der Waals surface area contributed by atoms with Crippen molar-refractivity contribution >= 4 is 50.7 Å². The molecule has 0 saturated carbocycles. The van der Waals surface area contributed by atoms with E-state index >= 15 is 0 Å². The smallest absolute Gasteiger partial charge is 0.246 e. The number of carbonyl (C=O) groups is 2. The molecule has 0 aliphatic heterocycles. The first-order chi connectivity index (χ1) is 10.9. The van der Waals surface area contributed by atoms with Gasteiger partial charge in [-0.05, 0) is 31.2 Å². The number of hydrogen-bond acceptors (Lipinski definition) is 4. The monoisotopic (exact) mass is 347 g/mol. The van der Waals surface area contributed by atoms with Crippen LogP contribution in [0.4, 0.5) is 5.13 Å². The van der Waals surface area contributed by atoms with Crippen LogP contribution in [0.15, 0.2) is 30.5 Å². The lowest BCUT2D eigenvalue weighted by Gasteiger charge is -2.05. The molecule has 3 rings (SSSR count). The van der Waals surface area contributed by atoms with E-state index in [0.717, 1.165) is 10.9 Å². The predicted molar refractivity (Wildman–Crippen MR) is 92.4 cm³/mol. The van der Waals surface area contributed by atoms with Crippen molar-refractivity contribution in [1.82, 2.24) is 9.55 Å². The molecule has 23 heavy (non-hydrogen) atoms. The van der Waals surface area contributed by atoms with Crippen LogP contribution in [0.3, 0.4) is 0 Å². The molecule has 0 saturated heterocycles. The summed E-state index contributed by atoms with van der Waals surface area (Å²) in [6.07, 6.45) is 1.84. The van der Waals surface area contributed by atoms with E-state index in [1.807, 2.05) is 29.0 Å². The van der Waals surface area contributed by atoms with Crippen molar-refractivity contribution in [2.45, 2.75) is 20.4 Å². The number of anilines is 1. The fraction of sp³-hybridized carbons (Fsp3) is 0.188. The molecule has 3 aromatic rings. The van der Waals surface area contributed by atoms with E-state index in [2.05, 4.69) is 10.3 Å². The Kier molecular flexibility index (Phi) is 4.19. The van der Waals surface area contributed by atoms with Crippen molar-refractivity contribution in [3.8, 4) is 0 Å². The number of Topliss-reactive ketones (excluding diaryl/α,β-unsaturated/α-hetero) is 1. The van der Waals surface area contributed by atoms with Crippen LogP contribution < -0.4 is 5.32 Å². The quantitative estimate of drug-likeness (QED) is 0.728. The van der Waals surface area contributed by atoms with Crippen LogP contribution in [-0.4, -0.2) is 21.2 Å². The lowest BCUT2D eigenvalue weighted by molar-refractivity contribution is -0.116. The molecule has 0 aliphatic rings. The number of nitrogens with zero attached hydrogens (tertiary/aromatic N) is 2. The maximum atomic E-state index is 12.2. The highest BCUT2D eigenvalue weighted by molar-refractivity contribution is 7.17. The van der Waals surface area contributed by atoms with Crippen LogP contribution in [0, 0.1) is 6.92 Å². The van der Waals surface area contributed by atoms with Crippen molar-refractivity contribution in [3.05, 3.63) is 46.1 Å². The summed E-state index contributed by atoms with van der Waals surface area (Å²) in [6, 6.07) is 7.44. The number of aryl methyl sites for hydroxylation is 1. The summed E-state index contributed by atoms with van der Waals surface area (Å²) in [4.78, 5) is 28.4. The first kappa shape index (κ1) is 15.7. The van der Waals surface area contributed by atoms with Crippen molar-refractivity contribution in [3.63, 3.8) is 0 Å². The van der Waals surface area contributed by atoms with Gasteiger partial charge in [-0.1, -0.05) is 22.9 Å². The number of halogens is 1. The molecule has 2 aromatic heterocycles. The molecule has 7 heteroatoms. The molecule has 1 N–H and O–H groups in total. The van der Waals surface area contributed by atoms with E-state index in [1.54, 1.807) is 13.0 Å². The molecule has 1 aromatic carbocycles. The molecule has 0 radical (unpaired) electrons. The Hall–Kier alpha value is -2.18. The second-order valence-corrected chi connectivity index (χ2v) is 6.62. The standard InChI is InChI=1S/C16H14ClN3O2S/c1-9-15(10(2)21)23-16(18-9)19-14(22)8-20-6-5-11-7-12(17)3-4-13(11)20/h3-7H,8H2,1-2H3,(H,18,19,22). The lowest BCUT2D eigenvalue weighted by atomic mass is 10.2. The molecule has 1 amide bonds. The van der Waals surface area contributed by atoms with Gasteiger partial charge in [0.1, 0.15) is 6.54 Å². The molecule has 118 valence electrons. The third-order valence-electron chi connectivity index (χ3n) is 3.41. The lowest BCUT2D eigenvalue weighted by Crippen LogP contribution is -2.18. The molecule has 0 fully saturated rings. The SMILES string of the molecule is CC(=O)c1sc(NC(=O)Cn2ccc3cc(Cl)ccc32)nc1C. The van der Waals surface area contributed by atoms with Gasteiger partial charge in [-0.25, -0.2) is 4.98 Å². The normalized spacial score (nSPS) is 10.9. The number of benzene rings is 1. The summed E-state index contributed by atoms with van der Waals surface area (Å²) in [5, 5.41) is 4.83. The summed E-state index contributed by atoms with van der Waals surface area (Å²) in [5.74, 6) is -0.241. The molecule has 0 unspecified atom stereocenters. The minimum atomic E-state index is -0.193. The van der Waals surface area contributed by atoms with E-state index in [9.17, 15) is 9.59 Å². The first-order valence-electron chi connectivity index (χ1n) is 6.96. The highest BCUT2D eigenvalue weighted by Gasteiger charge is 2.14. The number of thiazole rings is 1. The summed E-state index contributed by atoms with van der Waals surface area (Å²) in [5.41, 5.74) is 1.57. The van der Waals surface area contributed by atoms with Crippen LogP contribution in [0.1, 0.15) is 22.3 Å². The van der Waals surface area contributed by atoms with Gasteiger partial charge in [0.25, 0.3) is 0 Å². The average molecular weight is 348 g/mol. The predicted octanol–water partition coefficient (Wildman–Crippen LogP) is 3.90. The fourth-order valence-corrected chi connectivity index (χ4v) is 3.46. The topological polar surface area (TPSA) is 64.0 Å². The largest absolute Gasteiger partial charge is 0.338 e. The zero-order valence-electron chi connectivity index (χ0n) is 12.6. The number of ketones is 1. The molecule has 5 nitrogen and oxygen atoms in total. The van der Waals surface area contributed by atoms with Gasteiger partial charge in [-0.2, -0.15) is 0 Å². The number of rotatable bonds is 4. The molecule has 0 atom stereocenters. The minimum absolute atomic E-state index is 0.0474. The van der Waals surface area contributed by atoms with Crippen LogP contribution >= 0.6 is 22.9 Å². The molecule has 2 heterocycles. The number of aromatic nitrogens is 2. The van der Waals surface area contributed by atoms with Crippen LogP contribution in [0.25, 0.3) is 10.9 Å². The number of nitrogens with one attached hydrogen (secondary N) is 1. The molecular weight excluding hydrogens is 334 g/mol. The van der Waals surface area contributed by atoms with Crippen LogP contribution in [0.5, 0.6) is 0 Å². The molecular formula is C16H14ClN3O2S. The maximum absolute atomic E-state index is 12.2. The Morgan fingerprint density at radius 3 is 2.83 bits per heavy atom. The van der Waals surface area contributed by atoms with Crippen molar-refractivity contribution in [2.24, 2.45) is 0 Å². The summed E-state index contributed by atoms with van der Waals surface area (Å²) < 4.78 is 1.84. The van der Waals surface area contributed by atoms with Gasteiger partial charge < -0.3 is 9.88 Å². The summed E-state index contributed by atoms with van der Waals surface area (Å²) in [7, 11) is 0. The Balaban J connectivity index is 1.76. The Labute approximate surface area is 141 Å². The second kappa shape index (κ2) is 6.14. The van der Waals surface area contributed by atoms with Crippen molar-refractivity contribution < 1.29 is 9.59 Å². The Bertz CT molecular complexity index is 913. The van der Waals surface area contributed by atoms with Crippen molar-refractivity contribution in [2.75, 3.05) is 5.32 Å². The van der Waals surface area contributed by atoms with E-state index in [4.69, 9.17) is 11.6 Å². The molecule has 0 bridgehead atoms. The van der Waals surface area contributed by atoms with Crippen molar-refractivity contribution in [1.29, 1.82) is 0 Å². The third-order valence-corrected chi connectivity index (χ3v) is 4.82. The number of fused-ring (bicyclic) bond motifs is 1. The van der Waals surface area contributed by atoms with E-state index in [1.165, 1.54) is 18.3 Å². The van der Waals surface area contributed by atoms with Gasteiger partial charge in [-0.15, -0.1) is 0 Å². The second-order valence-electron chi connectivity index (χ2n) is 5.18. The van der Waals surface area contributed by atoms with Gasteiger partial charge in [0, 0.05) is 29.0 Å². The minimum Gasteiger partial charge on any atom is -0.338 e. The van der Waals surface area contributed by atoms with Gasteiger partial charge in [0.2, 0.25) is 5.91 Å². The zero-order chi connectivity index (χ0) is 16.6. The van der Waals surface area contributed by atoms with Crippen LogP contribution in [0.2, 0.25) is 5.02 Å². The third kappa shape index (κ3) is 3.28. The number of amides is 1. The maximum Gasteiger partial charge on any atom is 0.246 e. The molecule has 0 spiro atoms. The van der Waals surface area contributed by atoms with E-state index in [0.29, 0.717) is 20.7 Å². The summed E-state index contributed by atoms with van der Waals surface area (Å²) >= 11 is 7.16.